The molecule has 3 aromatic carbocycles. The Morgan fingerprint density at radius 2 is 1.88 bits per heavy atom. The van der Waals surface area contributed by atoms with Crippen LogP contribution in [0.2, 0.25) is 5.02 Å². The first-order valence-corrected chi connectivity index (χ1v) is 14.5. The van der Waals surface area contributed by atoms with Crippen molar-refractivity contribution in [2.75, 3.05) is 42.9 Å². The summed E-state index contributed by atoms with van der Waals surface area (Å²) in [6.45, 7) is 3.29. The molecule has 1 aliphatic heterocycles. The first-order chi connectivity index (χ1) is 20.4. The number of halogens is 1. The van der Waals surface area contributed by atoms with Gasteiger partial charge in [-0.3, -0.25) is 13.3 Å². The molecule has 5 rings (SSSR count). The molecule has 1 aliphatic rings. The van der Waals surface area contributed by atoms with Crippen LogP contribution >= 0.6 is 11.6 Å². The Balaban J connectivity index is 1.48. The molecule has 14 heteroatoms. The van der Waals surface area contributed by atoms with Gasteiger partial charge in [0.1, 0.15) is 17.4 Å². The number of carbonyl (C=O) groups is 1. The molecular weight excluding hydrogens is 580 g/mol. The Hall–Kier alpha value is -4.26. The number of amides is 1. The van der Waals surface area contributed by atoms with Crippen LogP contribution in [-0.4, -0.2) is 62.8 Å². The minimum Gasteiger partial charge on any atom is -0.755 e. The molecule has 0 aliphatic carbocycles. The molecule has 0 bridgehead atoms. The van der Waals surface area contributed by atoms with E-state index in [2.05, 4.69) is 35.3 Å². The average Bonchev–Trinajstić information content (AvgIpc) is 3.52. The smallest absolute Gasteiger partial charge is 0.360 e. The number of carbonyl (C=O) groups excluding carboxylic acids is 1. The van der Waals surface area contributed by atoms with Crippen LogP contribution in [-0.2, 0) is 11.3 Å². The second-order valence-corrected chi connectivity index (χ2v) is 10.5. The highest BCUT2D eigenvalue weighted by Gasteiger charge is 2.22. The molecule has 216 valence electrons. The number of nitrogens with one attached hydrogen (secondary N) is 1. The van der Waals surface area contributed by atoms with E-state index in [0.29, 0.717) is 34.0 Å². The standard InChI is InChI=1S/C28H27ClN8O4S/c1-41-21-11-12-22(29)25(18-21)32-26-27(33-24-10-3-2-9-23(24)31-26)37(42(39)40)20-8-6-7-19(17-20)28(38)34-35-30-13-16-36-14-4-5-15-36/h2-3,6-12,17-18H,4-5,13-16H2,1H3,(H-,31,32,39,40). The number of hydrogen-bond donors (Lipinski definition) is 1. The first kappa shape index (κ1) is 29.2. The lowest BCUT2D eigenvalue weighted by Crippen LogP contribution is -2.22. The largest absolute Gasteiger partial charge is 0.755 e. The predicted molar refractivity (Wildman–Crippen MR) is 160 cm³/mol. The summed E-state index contributed by atoms with van der Waals surface area (Å²) in [5.74, 6) is -0.0561. The van der Waals surface area contributed by atoms with Crippen LogP contribution in [0.15, 0.2) is 77.0 Å². The SMILES string of the molecule is COc1ccc(Cl)c(Nc2nc3ccccc3nc2N(c2cccc(C(=O)N=[N+]=NCCN3CCCC3)c2)S(=O)[O-])c1. The van der Waals surface area contributed by atoms with Crippen LogP contribution < -0.4 is 19.3 Å². The van der Waals surface area contributed by atoms with Crippen LogP contribution in [0, 0.1) is 0 Å². The lowest BCUT2D eigenvalue weighted by Gasteiger charge is -2.27. The zero-order valence-electron chi connectivity index (χ0n) is 22.6. The Morgan fingerprint density at radius 3 is 2.62 bits per heavy atom. The minimum absolute atomic E-state index is 0.0379. The van der Waals surface area contributed by atoms with Crippen LogP contribution in [0.1, 0.15) is 23.2 Å². The van der Waals surface area contributed by atoms with Crippen LogP contribution in [0.25, 0.3) is 11.0 Å². The van der Waals surface area contributed by atoms with Gasteiger partial charge in [-0.2, -0.15) is 0 Å². The van der Waals surface area contributed by atoms with Crippen molar-refractivity contribution in [1.82, 2.24) is 19.8 Å². The van der Waals surface area contributed by atoms with E-state index < -0.39 is 17.2 Å². The van der Waals surface area contributed by atoms with Crippen molar-refractivity contribution in [3.05, 3.63) is 77.3 Å². The van der Waals surface area contributed by atoms with Crippen molar-refractivity contribution in [2.45, 2.75) is 12.8 Å². The number of ether oxygens (including phenoxy) is 1. The zero-order chi connectivity index (χ0) is 29.5. The molecule has 1 N–H and O–H groups in total. The molecule has 1 atom stereocenters. The maximum Gasteiger partial charge on any atom is 0.360 e. The number of para-hydroxylation sites is 2. The number of anilines is 4. The number of rotatable bonds is 10. The number of methoxy groups -OCH3 is 1. The molecule has 42 heavy (non-hydrogen) atoms. The van der Waals surface area contributed by atoms with Crippen LogP contribution in [0.5, 0.6) is 5.75 Å². The highest BCUT2D eigenvalue weighted by Crippen LogP contribution is 2.36. The fourth-order valence-electron chi connectivity index (χ4n) is 4.48. The van der Waals surface area contributed by atoms with Gasteiger partial charge in [0.25, 0.3) is 0 Å². The molecule has 1 aromatic heterocycles. The van der Waals surface area contributed by atoms with Gasteiger partial charge in [0, 0.05) is 12.6 Å². The summed E-state index contributed by atoms with van der Waals surface area (Å²) in [5.41, 5.74) is 1.68. The molecule has 0 spiro atoms. The molecule has 0 saturated carbocycles. The van der Waals surface area contributed by atoms with Crippen molar-refractivity contribution in [3.8, 4) is 5.75 Å². The third-order valence-corrected chi connectivity index (χ3v) is 7.57. The number of likely N-dealkylation sites (tertiary alicyclic amines) is 1. The van der Waals surface area contributed by atoms with E-state index >= 15 is 0 Å². The number of nitrogens with zero attached hydrogens (tertiary/aromatic N) is 7. The van der Waals surface area contributed by atoms with E-state index in [9.17, 15) is 13.6 Å². The fraction of sp³-hybridized carbons (Fsp3) is 0.250. The van der Waals surface area contributed by atoms with Gasteiger partial charge in [-0.15, -0.1) is 0 Å². The van der Waals surface area contributed by atoms with Gasteiger partial charge in [-0.25, -0.2) is 9.97 Å². The zero-order valence-corrected chi connectivity index (χ0v) is 24.2. The molecule has 1 unspecified atom stereocenters. The summed E-state index contributed by atoms with van der Waals surface area (Å²) < 4.78 is 31.6. The van der Waals surface area contributed by atoms with E-state index in [4.69, 9.17) is 16.3 Å². The van der Waals surface area contributed by atoms with E-state index in [0.717, 1.165) is 23.9 Å². The fourth-order valence-corrected chi connectivity index (χ4v) is 5.20. The van der Waals surface area contributed by atoms with Crippen molar-refractivity contribution in [1.29, 1.82) is 0 Å². The molecule has 0 radical (unpaired) electrons. The summed E-state index contributed by atoms with van der Waals surface area (Å²) in [6, 6.07) is 18.0. The average molecular weight is 607 g/mol. The maximum atomic E-state index is 12.8. The second-order valence-electron chi connectivity index (χ2n) is 9.33. The van der Waals surface area contributed by atoms with Gasteiger partial charge in [0.05, 0.1) is 51.4 Å². The quantitative estimate of drug-likeness (QED) is 0.147. The molecule has 1 amide bonds. The number of fused-ring (bicyclic) bond motifs is 1. The Morgan fingerprint density at radius 1 is 1.12 bits per heavy atom. The summed E-state index contributed by atoms with van der Waals surface area (Å²) >= 11 is 3.55. The molecule has 2 heterocycles. The third kappa shape index (κ3) is 6.96. The third-order valence-electron chi connectivity index (χ3n) is 6.56. The van der Waals surface area contributed by atoms with E-state index in [-0.39, 0.29) is 22.9 Å². The summed E-state index contributed by atoms with van der Waals surface area (Å²) in [6.07, 6.45) is 2.36. The van der Waals surface area contributed by atoms with Crippen molar-refractivity contribution in [3.63, 3.8) is 0 Å². The normalized spacial score (nSPS) is 13.8. The lowest BCUT2D eigenvalue weighted by molar-refractivity contribution is 0.0992. The highest BCUT2D eigenvalue weighted by atomic mass is 35.5. The van der Waals surface area contributed by atoms with Gasteiger partial charge in [-0.05, 0) is 68.4 Å². The summed E-state index contributed by atoms with van der Waals surface area (Å²) in [4.78, 5) is 28.0. The minimum atomic E-state index is -2.86. The molecule has 4 aromatic rings. The number of benzene rings is 3. The Bertz CT molecular complexity index is 1690. The predicted octanol–water partition coefficient (Wildman–Crippen LogP) is 5.18. The van der Waals surface area contributed by atoms with E-state index in [1.807, 2.05) is 0 Å². The van der Waals surface area contributed by atoms with Crippen molar-refractivity contribution >= 4 is 62.8 Å². The number of hydrogen-bond acceptors (Lipinski definition) is 9. The summed E-state index contributed by atoms with van der Waals surface area (Å²) in [7, 11) is 1.52. The molecule has 12 nitrogen and oxygen atoms in total. The maximum absolute atomic E-state index is 12.8. The number of aromatic nitrogens is 2. The second kappa shape index (κ2) is 13.6. The topological polar surface area (TPSA) is 150 Å². The van der Waals surface area contributed by atoms with Gasteiger partial charge < -0.3 is 19.5 Å². The van der Waals surface area contributed by atoms with Gasteiger partial charge in [-0.1, -0.05) is 29.8 Å². The van der Waals surface area contributed by atoms with Crippen LogP contribution in [0.4, 0.5) is 23.0 Å². The van der Waals surface area contributed by atoms with E-state index in [1.165, 1.54) is 38.2 Å². The van der Waals surface area contributed by atoms with Gasteiger partial charge >= 0.3 is 5.91 Å². The molecular formula is C28H27ClN8O4S. The van der Waals surface area contributed by atoms with Crippen molar-refractivity contribution < 1.29 is 18.3 Å². The summed E-state index contributed by atoms with van der Waals surface area (Å²) in [5, 5.41) is 11.1. The van der Waals surface area contributed by atoms with Crippen LogP contribution in [0.3, 0.4) is 0 Å². The molecule has 1 saturated heterocycles. The van der Waals surface area contributed by atoms with Gasteiger partial charge in [0.2, 0.25) is 10.0 Å². The Labute approximate surface area is 249 Å². The molecule has 1 fully saturated rings. The Kier molecular flexibility index (Phi) is 9.47. The lowest BCUT2D eigenvalue weighted by atomic mass is 10.2. The highest BCUT2D eigenvalue weighted by molar-refractivity contribution is 7.81. The first-order valence-electron chi connectivity index (χ1n) is 13.1. The van der Waals surface area contributed by atoms with Gasteiger partial charge in [0.15, 0.2) is 11.6 Å². The van der Waals surface area contributed by atoms with E-state index in [1.54, 1.807) is 48.5 Å². The van der Waals surface area contributed by atoms with Crippen molar-refractivity contribution in [2.24, 2.45) is 10.2 Å². The monoisotopic (exact) mass is 606 g/mol.